The molecule has 0 saturated heterocycles. The van der Waals surface area contributed by atoms with E-state index in [1.807, 2.05) is 0 Å². The van der Waals surface area contributed by atoms with Gasteiger partial charge in [-0.3, -0.25) is 0 Å². The van der Waals surface area contributed by atoms with E-state index in [1.165, 1.54) is 38.5 Å². The smallest absolute Gasteiger partial charge is 0.0103 e. The van der Waals surface area contributed by atoms with Gasteiger partial charge in [0, 0.05) is 6.04 Å². The summed E-state index contributed by atoms with van der Waals surface area (Å²) in [7, 11) is 0. The van der Waals surface area contributed by atoms with Crippen molar-refractivity contribution < 1.29 is 0 Å². The molecule has 0 amide bonds. The van der Waals surface area contributed by atoms with Crippen LogP contribution in [-0.4, -0.2) is 12.6 Å². The number of nitrogens with one attached hydrogen (secondary N) is 1. The van der Waals surface area contributed by atoms with Gasteiger partial charge in [0.25, 0.3) is 0 Å². The molecule has 1 N–H and O–H groups in total. The Balaban J connectivity index is 2.72. The quantitative estimate of drug-likeness (QED) is 0.664. The van der Waals surface area contributed by atoms with Crippen molar-refractivity contribution in [1.82, 2.24) is 5.32 Å². The molecule has 0 aromatic carbocycles. The van der Waals surface area contributed by atoms with Gasteiger partial charge in [-0.25, -0.2) is 0 Å². The molecule has 0 bridgehead atoms. The summed E-state index contributed by atoms with van der Waals surface area (Å²) in [5, 5.41) is 3.78. The molecule has 1 heteroatoms. The number of hydrogen-bond donors (Lipinski definition) is 1. The van der Waals surface area contributed by atoms with Crippen molar-refractivity contribution in [3.8, 4) is 0 Å². The highest BCUT2D eigenvalue weighted by atomic mass is 14.9. The Hall–Kier alpha value is -0.0400. The Morgan fingerprint density at radius 3 is 2.26 bits per heavy atom. The van der Waals surface area contributed by atoms with Crippen LogP contribution in [0.1, 0.15) is 80.1 Å². The zero-order valence-electron chi connectivity index (χ0n) is 14.3. The Kier molecular flexibility index (Phi) is 6.86. The molecule has 1 aliphatic carbocycles. The summed E-state index contributed by atoms with van der Waals surface area (Å²) < 4.78 is 0. The van der Waals surface area contributed by atoms with Gasteiger partial charge in [0.2, 0.25) is 0 Å². The molecular formula is C18H37N. The third-order valence-electron chi connectivity index (χ3n) is 5.55. The van der Waals surface area contributed by atoms with Gasteiger partial charge in [0.05, 0.1) is 0 Å². The molecule has 0 spiro atoms. The van der Waals surface area contributed by atoms with Crippen molar-refractivity contribution >= 4 is 0 Å². The molecule has 1 rings (SSSR count). The van der Waals surface area contributed by atoms with Crippen molar-refractivity contribution in [3.05, 3.63) is 0 Å². The van der Waals surface area contributed by atoms with E-state index in [4.69, 9.17) is 0 Å². The SMILES string of the molecule is CCNC1CC(C)CCC1C(C)(C)CC(CC)CC. The van der Waals surface area contributed by atoms with E-state index in [1.54, 1.807) is 0 Å². The Morgan fingerprint density at radius 2 is 1.74 bits per heavy atom. The van der Waals surface area contributed by atoms with Crippen molar-refractivity contribution in [2.24, 2.45) is 23.2 Å². The van der Waals surface area contributed by atoms with E-state index >= 15 is 0 Å². The van der Waals surface area contributed by atoms with Gasteiger partial charge in [-0.05, 0) is 49.0 Å². The lowest BCUT2D eigenvalue weighted by Crippen LogP contribution is -2.47. The van der Waals surface area contributed by atoms with Gasteiger partial charge in [0.15, 0.2) is 0 Å². The second-order valence-electron chi connectivity index (χ2n) is 7.56. The predicted molar refractivity (Wildman–Crippen MR) is 86.4 cm³/mol. The maximum atomic E-state index is 3.78. The molecule has 0 radical (unpaired) electrons. The predicted octanol–water partition coefficient (Wildman–Crippen LogP) is 5.25. The second-order valence-corrected chi connectivity index (χ2v) is 7.56. The molecule has 1 saturated carbocycles. The van der Waals surface area contributed by atoms with Crippen LogP contribution in [0.3, 0.4) is 0 Å². The average molecular weight is 268 g/mol. The number of hydrogen-bond acceptors (Lipinski definition) is 1. The van der Waals surface area contributed by atoms with Gasteiger partial charge in [-0.15, -0.1) is 0 Å². The molecule has 0 aromatic rings. The fourth-order valence-corrected chi connectivity index (χ4v) is 4.28. The fourth-order valence-electron chi connectivity index (χ4n) is 4.28. The highest BCUT2D eigenvalue weighted by Gasteiger charge is 2.39. The first kappa shape index (κ1) is 17.0. The van der Waals surface area contributed by atoms with Crippen LogP contribution in [0.4, 0.5) is 0 Å². The lowest BCUT2D eigenvalue weighted by atomic mass is 9.63. The van der Waals surface area contributed by atoms with Gasteiger partial charge in [-0.1, -0.05) is 60.8 Å². The molecule has 1 nitrogen and oxygen atoms in total. The van der Waals surface area contributed by atoms with E-state index in [0.29, 0.717) is 5.41 Å². The zero-order valence-corrected chi connectivity index (χ0v) is 14.3. The van der Waals surface area contributed by atoms with Crippen molar-refractivity contribution in [2.75, 3.05) is 6.54 Å². The Labute approximate surface area is 121 Å². The van der Waals surface area contributed by atoms with E-state index in [-0.39, 0.29) is 0 Å². The zero-order chi connectivity index (χ0) is 14.5. The van der Waals surface area contributed by atoms with Crippen LogP contribution in [0.2, 0.25) is 0 Å². The first-order valence-electron chi connectivity index (χ1n) is 8.67. The lowest BCUT2D eigenvalue weighted by molar-refractivity contribution is 0.0710. The summed E-state index contributed by atoms with van der Waals surface area (Å²) in [5.41, 5.74) is 0.490. The normalized spacial score (nSPS) is 28.9. The lowest BCUT2D eigenvalue weighted by Gasteiger charge is -2.46. The standard InChI is InChI=1S/C18H37N/c1-7-15(8-2)13-18(5,6)16-11-10-14(4)12-17(16)19-9-3/h14-17,19H,7-13H2,1-6H3. The summed E-state index contributed by atoms with van der Waals surface area (Å²) in [6.45, 7) is 15.6. The molecule has 0 heterocycles. The monoisotopic (exact) mass is 267 g/mol. The topological polar surface area (TPSA) is 12.0 Å². The molecule has 3 unspecified atom stereocenters. The molecule has 0 aliphatic heterocycles. The van der Waals surface area contributed by atoms with Crippen molar-refractivity contribution in [3.63, 3.8) is 0 Å². The largest absolute Gasteiger partial charge is 0.314 e. The van der Waals surface area contributed by atoms with Crippen LogP contribution < -0.4 is 5.32 Å². The summed E-state index contributed by atoms with van der Waals surface area (Å²) in [6.07, 6.45) is 8.32. The van der Waals surface area contributed by atoms with Gasteiger partial charge >= 0.3 is 0 Å². The minimum atomic E-state index is 0.490. The maximum absolute atomic E-state index is 3.78. The fraction of sp³-hybridized carbons (Fsp3) is 1.00. The Bertz CT molecular complexity index is 242. The van der Waals surface area contributed by atoms with E-state index in [0.717, 1.165) is 30.3 Å². The maximum Gasteiger partial charge on any atom is 0.0103 e. The third kappa shape index (κ3) is 4.77. The van der Waals surface area contributed by atoms with Crippen molar-refractivity contribution in [1.29, 1.82) is 0 Å². The van der Waals surface area contributed by atoms with Crippen LogP contribution in [0, 0.1) is 23.2 Å². The van der Waals surface area contributed by atoms with Crippen LogP contribution in [0.5, 0.6) is 0 Å². The van der Waals surface area contributed by atoms with Crippen LogP contribution in [0.25, 0.3) is 0 Å². The third-order valence-corrected chi connectivity index (χ3v) is 5.55. The molecule has 3 atom stereocenters. The Morgan fingerprint density at radius 1 is 1.11 bits per heavy atom. The molecule has 1 fully saturated rings. The average Bonchev–Trinajstić information content (AvgIpc) is 2.36. The highest BCUT2D eigenvalue weighted by molar-refractivity contribution is 4.92. The van der Waals surface area contributed by atoms with E-state index in [9.17, 15) is 0 Å². The van der Waals surface area contributed by atoms with E-state index in [2.05, 4.69) is 46.9 Å². The summed E-state index contributed by atoms with van der Waals surface area (Å²) in [4.78, 5) is 0. The second kappa shape index (κ2) is 7.67. The highest BCUT2D eigenvalue weighted by Crippen LogP contribution is 2.44. The summed E-state index contributed by atoms with van der Waals surface area (Å²) in [5.74, 6) is 2.69. The van der Waals surface area contributed by atoms with Gasteiger partial charge < -0.3 is 5.32 Å². The first-order valence-corrected chi connectivity index (χ1v) is 8.67. The van der Waals surface area contributed by atoms with Gasteiger partial charge in [0.1, 0.15) is 0 Å². The number of rotatable bonds is 7. The van der Waals surface area contributed by atoms with Crippen LogP contribution in [0.15, 0.2) is 0 Å². The first-order chi connectivity index (χ1) is 8.94. The van der Waals surface area contributed by atoms with Crippen LogP contribution in [-0.2, 0) is 0 Å². The minimum Gasteiger partial charge on any atom is -0.314 e. The minimum absolute atomic E-state index is 0.490. The molecule has 1 aliphatic rings. The molecule has 19 heavy (non-hydrogen) atoms. The summed E-state index contributed by atoms with van der Waals surface area (Å²) in [6, 6.07) is 0.748. The molecule has 114 valence electrons. The van der Waals surface area contributed by atoms with Gasteiger partial charge in [-0.2, -0.15) is 0 Å². The summed E-state index contributed by atoms with van der Waals surface area (Å²) >= 11 is 0. The molecular weight excluding hydrogens is 230 g/mol. The van der Waals surface area contributed by atoms with E-state index < -0.39 is 0 Å². The van der Waals surface area contributed by atoms with Crippen molar-refractivity contribution in [2.45, 2.75) is 86.1 Å². The molecule has 0 aromatic heterocycles. The van der Waals surface area contributed by atoms with Crippen LogP contribution >= 0.6 is 0 Å².